The van der Waals surface area contributed by atoms with Crippen molar-refractivity contribution in [3.05, 3.63) is 51.8 Å². The van der Waals surface area contributed by atoms with Gasteiger partial charge in [0.25, 0.3) is 5.91 Å². The van der Waals surface area contributed by atoms with Gasteiger partial charge in [0.2, 0.25) is 0 Å². The van der Waals surface area contributed by atoms with E-state index in [9.17, 15) is 4.79 Å². The number of hydrogen-bond acceptors (Lipinski definition) is 4. The molecule has 0 bridgehead atoms. The summed E-state index contributed by atoms with van der Waals surface area (Å²) in [4.78, 5) is 19.6. The number of ether oxygens (including phenoxy) is 1. The Morgan fingerprint density at radius 2 is 2.25 bits per heavy atom. The summed E-state index contributed by atoms with van der Waals surface area (Å²) in [7, 11) is 0. The van der Waals surface area contributed by atoms with E-state index >= 15 is 0 Å². The molecule has 28 heavy (non-hydrogen) atoms. The number of aromatic nitrogens is 2. The van der Waals surface area contributed by atoms with Crippen LogP contribution in [0.3, 0.4) is 0 Å². The summed E-state index contributed by atoms with van der Waals surface area (Å²) >= 11 is 1.61. The summed E-state index contributed by atoms with van der Waals surface area (Å²) in [5.41, 5.74) is 3.91. The van der Waals surface area contributed by atoms with Crippen LogP contribution < -0.4 is 10.1 Å². The Morgan fingerprint density at radius 1 is 1.39 bits per heavy atom. The molecule has 146 valence electrons. The average Bonchev–Trinajstić information content (AvgIpc) is 3.28. The highest BCUT2D eigenvalue weighted by Gasteiger charge is 2.33. The summed E-state index contributed by atoms with van der Waals surface area (Å²) in [5, 5.41) is 3.09. The Bertz CT molecular complexity index is 1050. The van der Waals surface area contributed by atoms with Gasteiger partial charge in [-0.2, -0.15) is 0 Å². The van der Waals surface area contributed by atoms with E-state index in [2.05, 4.69) is 28.5 Å². The van der Waals surface area contributed by atoms with Crippen LogP contribution in [0.5, 0.6) is 5.75 Å². The van der Waals surface area contributed by atoms with Gasteiger partial charge in [0, 0.05) is 24.0 Å². The van der Waals surface area contributed by atoms with Crippen molar-refractivity contribution in [3.8, 4) is 5.75 Å². The van der Waals surface area contributed by atoms with E-state index in [-0.39, 0.29) is 5.91 Å². The molecule has 1 fully saturated rings. The number of benzene rings is 1. The fourth-order valence-electron chi connectivity index (χ4n) is 4.27. The minimum Gasteiger partial charge on any atom is -0.490 e. The molecule has 0 radical (unpaired) electrons. The lowest BCUT2D eigenvalue weighted by Crippen LogP contribution is -2.30. The number of nitrogens with zero attached hydrogens (tertiary/aromatic N) is 2. The first-order valence-corrected chi connectivity index (χ1v) is 11.0. The van der Waals surface area contributed by atoms with Crippen LogP contribution in [0.15, 0.2) is 24.4 Å². The van der Waals surface area contributed by atoms with Crippen LogP contribution in [0, 0.1) is 12.8 Å². The highest BCUT2D eigenvalue weighted by molar-refractivity contribution is 7.17. The Hall–Kier alpha value is -2.34. The van der Waals surface area contributed by atoms with Crippen LogP contribution in [0.25, 0.3) is 4.96 Å². The van der Waals surface area contributed by atoms with Gasteiger partial charge in [0.15, 0.2) is 4.96 Å². The second kappa shape index (κ2) is 6.92. The van der Waals surface area contributed by atoms with E-state index in [4.69, 9.17) is 4.74 Å². The maximum Gasteiger partial charge on any atom is 0.270 e. The normalized spacial score (nSPS) is 18.7. The molecule has 5 rings (SSSR count). The molecule has 1 aromatic carbocycles. The molecule has 1 amide bonds. The van der Waals surface area contributed by atoms with E-state index in [1.54, 1.807) is 11.3 Å². The van der Waals surface area contributed by atoms with Gasteiger partial charge in [-0.05, 0) is 49.3 Å². The van der Waals surface area contributed by atoms with Gasteiger partial charge in [0.05, 0.1) is 5.69 Å². The van der Waals surface area contributed by atoms with E-state index < -0.39 is 0 Å². The Kier molecular flexibility index (Phi) is 4.38. The summed E-state index contributed by atoms with van der Waals surface area (Å²) in [6.07, 6.45) is 8.01. The third-order valence-electron chi connectivity index (χ3n) is 6.02. The number of hydrogen-bond donors (Lipinski definition) is 1. The number of rotatable bonds is 5. The second-order valence-corrected chi connectivity index (χ2v) is 9.14. The van der Waals surface area contributed by atoms with Crippen molar-refractivity contribution in [2.45, 2.75) is 58.6 Å². The Morgan fingerprint density at radius 3 is 3.00 bits per heavy atom. The van der Waals surface area contributed by atoms with Crippen LogP contribution in [-0.4, -0.2) is 21.4 Å². The summed E-state index contributed by atoms with van der Waals surface area (Å²) in [6, 6.07) is 6.31. The number of nitrogens with one attached hydrogen (secondary N) is 1. The summed E-state index contributed by atoms with van der Waals surface area (Å²) < 4.78 is 8.06. The van der Waals surface area contributed by atoms with Crippen LogP contribution >= 0.6 is 11.3 Å². The fourth-order valence-corrected chi connectivity index (χ4v) is 5.11. The molecule has 0 spiro atoms. The lowest BCUT2D eigenvalue weighted by molar-refractivity contribution is 0.0944. The van der Waals surface area contributed by atoms with Crippen molar-refractivity contribution in [1.82, 2.24) is 14.7 Å². The quantitative estimate of drug-likeness (QED) is 0.701. The smallest absolute Gasteiger partial charge is 0.270 e. The molecular formula is C22H25N3O2S. The first-order valence-electron chi connectivity index (χ1n) is 10.2. The van der Waals surface area contributed by atoms with Crippen molar-refractivity contribution in [2.24, 2.45) is 5.92 Å². The van der Waals surface area contributed by atoms with Crippen molar-refractivity contribution >= 4 is 22.2 Å². The SMILES string of the molecule is CCc1nc2sc(C)cn2c1C(=O)NCc1ccc2c(c1)CC(C1CCC1)O2. The van der Waals surface area contributed by atoms with Crippen molar-refractivity contribution < 1.29 is 9.53 Å². The highest BCUT2D eigenvalue weighted by atomic mass is 32.1. The van der Waals surface area contributed by atoms with E-state index in [1.165, 1.54) is 24.8 Å². The largest absolute Gasteiger partial charge is 0.490 e. The molecule has 5 nitrogen and oxygen atoms in total. The lowest BCUT2D eigenvalue weighted by atomic mass is 9.80. The minimum atomic E-state index is -0.0637. The average molecular weight is 396 g/mol. The van der Waals surface area contributed by atoms with Crippen molar-refractivity contribution in [2.75, 3.05) is 0 Å². The highest BCUT2D eigenvalue weighted by Crippen LogP contribution is 2.39. The van der Waals surface area contributed by atoms with Gasteiger partial charge in [-0.3, -0.25) is 9.20 Å². The third kappa shape index (κ3) is 3.00. The molecule has 3 heterocycles. The third-order valence-corrected chi connectivity index (χ3v) is 6.92. The van der Waals surface area contributed by atoms with E-state index in [0.29, 0.717) is 18.3 Å². The molecule has 0 saturated heterocycles. The molecule has 3 aromatic rings. The van der Waals surface area contributed by atoms with Gasteiger partial charge in [-0.25, -0.2) is 4.98 Å². The van der Waals surface area contributed by atoms with Gasteiger partial charge in [-0.15, -0.1) is 11.3 Å². The van der Waals surface area contributed by atoms with Crippen molar-refractivity contribution in [1.29, 1.82) is 0 Å². The predicted molar refractivity (Wildman–Crippen MR) is 110 cm³/mol. The first-order chi connectivity index (χ1) is 13.6. The molecule has 1 aliphatic carbocycles. The Balaban J connectivity index is 1.30. The zero-order chi connectivity index (χ0) is 19.3. The number of imidazole rings is 1. The number of amides is 1. The number of carbonyl (C=O) groups excluding carboxylic acids is 1. The Labute approximate surface area is 168 Å². The summed E-state index contributed by atoms with van der Waals surface area (Å²) in [6.45, 7) is 4.59. The lowest BCUT2D eigenvalue weighted by Gasteiger charge is -2.30. The molecular weight excluding hydrogens is 370 g/mol. The van der Waals surface area contributed by atoms with E-state index in [0.717, 1.165) is 45.6 Å². The monoisotopic (exact) mass is 395 g/mol. The second-order valence-electron chi connectivity index (χ2n) is 7.93. The standard InChI is InChI=1S/C22H25N3O2S/c1-3-17-20(25-12-13(2)28-22(25)24-17)21(26)23-11-14-7-8-18-16(9-14)10-19(27-18)15-5-4-6-15/h7-9,12,15,19H,3-6,10-11H2,1-2H3,(H,23,26). The first kappa shape index (κ1) is 17.7. The van der Waals surface area contributed by atoms with Gasteiger partial charge >= 0.3 is 0 Å². The van der Waals surface area contributed by atoms with Crippen LogP contribution in [0.2, 0.25) is 0 Å². The summed E-state index contributed by atoms with van der Waals surface area (Å²) in [5.74, 6) is 1.68. The molecule has 2 aromatic heterocycles. The molecule has 1 atom stereocenters. The van der Waals surface area contributed by atoms with Crippen molar-refractivity contribution in [3.63, 3.8) is 0 Å². The molecule has 6 heteroatoms. The van der Waals surface area contributed by atoms with Crippen LogP contribution in [0.4, 0.5) is 0 Å². The number of carbonyl (C=O) groups is 1. The van der Waals surface area contributed by atoms with Gasteiger partial charge in [0.1, 0.15) is 17.5 Å². The fraction of sp³-hybridized carbons (Fsp3) is 0.455. The molecule has 1 N–H and O–H groups in total. The number of fused-ring (bicyclic) bond motifs is 2. The maximum atomic E-state index is 12.9. The number of aryl methyl sites for hydroxylation is 2. The predicted octanol–water partition coefficient (Wildman–Crippen LogP) is 4.30. The maximum absolute atomic E-state index is 12.9. The van der Waals surface area contributed by atoms with Gasteiger partial charge in [-0.1, -0.05) is 25.5 Å². The van der Waals surface area contributed by atoms with Crippen LogP contribution in [0.1, 0.15) is 58.4 Å². The number of thiazole rings is 1. The molecule has 2 aliphatic rings. The molecule has 1 aliphatic heterocycles. The van der Waals surface area contributed by atoms with Gasteiger partial charge < -0.3 is 10.1 Å². The van der Waals surface area contributed by atoms with E-state index in [1.807, 2.05) is 24.4 Å². The zero-order valence-corrected chi connectivity index (χ0v) is 17.1. The topological polar surface area (TPSA) is 55.6 Å². The van der Waals surface area contributed by atoms with Crippen LogP contribution in [-0.2, 0) is 19.4 Å². The zero-order valence-electron chi connectivity index (χ0n) is 16.3. The minimum absolute atomic E-state index is 0.0637. The molecule has 1 saturated carbocycles. The molecule has 1 unspecified atom stereocenters.